The SMILES string of the molecule is Cc1c(Cl)cccc1NC(=O)c1cc(Cl)nnc1Cl. The van der Waals surface area contributed by atoms with Crippen LogP contribution in [-0.4, -0.2) is 16.1 Å². The third kappa shape index (κ3) is 3.15. The maximum Gasteiger partial charge on any atom is 0.258 e. The highest BCUT2D eigenvalue weighted by atomic mass is 35.5. The second-order valence-electron chi connectivity index (χ2n) is 3.74. The Balaban J connectivity index is 2.31. The lowest BCUT2D eigenvalue weighted by molar-refractivity contribution is 0.102. The molecule has 19 heavy (non-hydrogen) atoms. The summed E-state index contributed by atoms with van der Waals surface area (Å²) in [6, 6.07) is 6.57. The van der Waals surface area contributed by atoms with E-state index in [1.165, 1.54) is 6.07 Å². The number of amides is 1. The number of carbonyl (C=O) groups is 1. The van der Waals surface area contributed by atoms with Gasteiger partial charge in [-0.1, -0.05) is 40.9 Å². The smallest absolute Gasteiger partial charge is 0.258 e. The highest BCUT2D eigenvalue weighted by molar-refractivity contribution is 6.35. The first-order valence-corrected chi connectivity index (χ1v) is 6.37. The molecule has 1 heterocycles. The molecule has 7 heteroatoms. The molecule has 2 aromatic rings. The van der Waals surface area contributed by atoms with E-state index in [2.05, 4.69) is 15.5 Å². The van der Waals surface area contributed by atoms with E-state index in [1.807, 2.05) is 0 Å². The van der Waals surface area contributed by atoms with Crippen LogP contribution in [-0.2, 0) is 0 Å². The highest BCUT2D eigenvalue weighted by Crippen LogP contribution is 2.24. The molecule has 0 bridgehead atoms. The van der Waals surface area contributed by atoms with Crippen LogP contribution >= 0.6 is 34.8 Å². The number of hydrogen-bond acceptors (Lipinski definition) is 3. The Labute approximate surface area is 124 Å². The van der Waals surface area contributed by atoms with Crippen LogP contribution in [0.25, 0.3) is 0 Å². The van der Waals surface area contributed by atoms with Gasteiger partial charge in [0.05, 0.1) is 5.56 Å². The van der Waals surface area contributed by atoms with Gasteiger partial charge in [-0.25, -0.2) is 0 Å². The summed E-state index contributed by atoms with van der Waals surface area (Å²) in [7, 11) is 0. The van der Waals surface area contributed by atoms with Gasteiger partial charge in [-0.3, -0.25) is 4.79 Å². The number of benzene rings is 1. The van der Waals surface area contributed by atoms with Crippen molar-refractivity contribution < 1.29 is 4.79 Å². The molecule has 1 aromatic heterocycles. The third-order valence-electron chi connectivity index (χ3n) is 2.48. The van der Waals surface area contributed by atoms with Crippen LogP contribution in [0, 0.1) is 6.92 Å². The van der Waals surface area contributed by atoms with Gasteiger partial charge in [0.1, 0.15) is 0 Å². The van der Waals surface area contributed by atoms with Crippen LogP contribution in [0.5, 0.6) is 0 Å². The van der Waals surface area contributed by atoms with Crippen molar-refractivity contribution in [1.29, 1.82) is 0 Å². The van der Waals surface area contributed by atoms with Crippen LogP contribution in [0.15, 0.2) is 24.3 Å². The lowest BCUT2D eigenvalue weighted by Crippen LogP contribution is -2.14. The molecule has 2 rings (SSSR count). The molecule has 1 N–H and O–H groups in total. The quantitative estimate of drug-likeness (QED) is 0.911. The fourth-order valence-electron chi connectivity index (χ4n) is 1.44. The summed E-state index contributed by atoms with van der Waals surface area (Å²) in [6.45, 7) is 1.80. The van der Waals surface area contributed by atoms with Gasteiger partial charge in [-0.05, 0) is 30.7 Å². The van der Waals surface area contributed by atoms with Crippen molar-refractivity contribution >= 4 is 46.4 Å². The van der Waals surface area contributed by atoms with Gasteiger partial charge in [0.25, 0.3) is 5.91 Å². The first-order valence-electron chi connectivity index (χ1n) is 5.24. The second-order valence-corrected chi connectivity index (χ2v) is 4.89. The number of nitrogens with one attached hydrogen (secondary N) is 1. The number of aromatic nitrogens is 2. The number of nitrogens with zero attached hydrogens (tertiary/aromatic N) is 2. The Bertz CT molecular complexity index is 646. The molecule has 0 fully saturated rings. The molecule has 0 radical (unpaired) electrons. The van der Waals surface area contributed by atoms with Gasteiger partial charge in [-0.2, -0.15) is 0 Å². The first kappa shape index (κ1) is 14.1. The molecule has 0 aliphatic heterocycles. The summed E-state index contributed by atoms with van der Waals surface area (Å²) in [5, 5.41) is 10.5. The van der Waals surface area contributed by atoms with Gasteiger partial charge >= 0.3 is 0 Å². The largest absolute Gasteiger partial charge is 0.322 e. The van der Waals surface area contributed by atoms with Gasteiger partial charge in [-0.15, -0.1) is 10.2 Å². The van der Waals surface area contributed by atoms with Crippen LogP contribution in [0.3, 0.4) is 0 Å². The summed E-state index contributed by atoms with van der Waals surface area (Å²) in [6.07, 6.45) is 0. The Morgan fingerprint density at radius 3 is 2.68 bits per heavy atom. The average Bonchev–Trinajstić information content (AvgIpc) is 2.38. The molecule has 0 aliphatic rings. The van der Waals surface area contributed by atoms with Crippen LogP contribution in [0.1, 0.15) is 15.9 Å². The topological polar surface area (TPSA) is 54.9 Å². The maximum absolute atomic E-state index is 12.1. The highest BCUT2D eigenvalue weighted by Gasteiger charge is 2.14. The monoisotopic (exact) mass is 315 g/mol. The summed E-state index contributed by atoms with van der Waals surface area (Å²) in [5.41, 5.74) is 1.52. The average molecular weight is 317 g/mol. The van der Waals surface area contributed by atoms with Crippen molar-refractivity contribution in [3.8, 4) is 0 Å². The van der Waals surface area contributed by atoms with Crippen molar-refractivity contribution in [3.63, 3.8) is 0 Å². The molecule has 0 atom stereocenters. The minimum Gasteiger partial charge on any atom is -0.322 e. The number of carbonyl (C=O) groups excluding carboxylic acids is 1. The van der Waals surface area contributed by atoms with Gasteiger partial charge in [0.15, 0.2) is 10.3 Å². The molecule has 1 aromatic carbocycles. The Morgan fingerprint density at radius 1 is 1.21 bits per heavy atom. The van der Waals surface area contributed by atoms with E-state index in [-0.39, 0.29) is 15.9 Å². The zero-order valence-electron chi connectivity index (χ0n) is 9.75. The summed E-state index contributed by atoms with van der Waals surface area (Å²) in [5.74, 6) is -0.424. The fourth-order valence-corrected chi connectivity index (χ4v) is 1.94. The minimum absolute atomic E-state index is 0.0124. The van der Waals surface area contributed by atoms with E-state index in [0.29, 0.717) is 10.7 Å². The van der Waals surface area contributed by atoms with E-state index in [9.17, 15) is 4.79 Å². The Morgan fingerprint density at radius 2 is 1.95 bits per heavy atom. The van der Waals surface area contributed by atoms with Crippen molar-refractivity contribution in [2.45, 2.75) is 6.92 Å². The molecule has 0 saturated heterocycles. The van der Waals surface area contributed by atoms with Gasteiger partial charge < -0.3 is 5.32 Å². The summed E-state index contributed by atoms with van der Waals surface area (Å²) in [4.78, 5) is 12.1. The Hall–Kier alpha value is -1.36. The normalized spacial score (nSPS) is 10.3. The standard InChI is InChI=1S/C12H8Cl3N3O/c1-6-8(13)3-2-4-9(6)16-12(19)7-5-10(14)17-18-11(7)15/h2-5H,1H3,(H,16,19). The second kappa shape index (κ2) is 5.74. The zero-order chi connectivity index (χ0) is 14.0. The van der Waals surface area contributed by atoms with Gasteiger partial charge in [0, 0.05) is 10.7 Å². The molecule has 0 saturated carbocycles. The van der Waals surface area contributed by atoms with Crippen molar-refractivity contribution in [1.82, 2.24) is 10.2 Å². The van der Waals surface area contributed by atoms with E-state index in [0.717, 1.165) is 5.56 Å². The summed E-state index contributed by atoms with van der Waals surface area (Å²) < 4.78 is 0. The van der Waals surface area contributed by atoms with E-state index < -0.39 is 5.91 Å². The molecular weight excluding hydrogens is 309 g/mol. The van der Waals surface area contributed by atoms with Crippen LogP contribution < -0.4 is 5.32 Å². The van der Waals surface area contributed by atoms with E-state index in [4.69, 9.17) is 34.8 Å². The number of hydrogen-bond donors (Lipinski definition) is 1. The number of halogens is 3. The van der Waals surface area contributed by atoms with Crippen LogP contribution in [0.2, 0.25) is 15.3 Å². The minimum atomic E-state index is -0.424. The molecule has 0 spiro atoms. The fraction of sp³-hybridized carbons (Fsp3) is 0.0833. The molecule has 98 valence electrons. The number of rotatable bonds is 2. The molecule has 1 amide bonds. The van der Waals surface area contributed by atoms with Crippen molar-refractivity contribution in [3.05, 3.63) is 50.7 Å². The lowest BCUT2D eigenvalue weighted by Gasteiger charge is -2.09. The first-order chi connectivity index (χ1) is 8.99. The Kier molecular flexibility index (Phi) is 4.24. The van der Waals surface area contributed by atoms with E-state index in [1.54, 1.807) is 25.1 Å². The lowest BCUT2D eigenvalue weighted by atomic mass is 10.2. The molecule has 0 unspecified atom stereocenters. The predicted octanol–water partition coefficient (Wildman–Crippen LogP) is 4.00. The van der Waals surface area contributed by atoms with Crippen LogP contribution in [0.4, 0.5) is 5.69 Å². The molecular formula is C12H8Cl3N3O. The third-order valence-corrected chi connectivity index (χ3v) is 3.35. The van der Waals surface area contributed by atoms with Crippen molar-refractivity contribution in [2.24, 2.45) is 0 Å². The predicted molar refractivity (Wildman–Crippen MR) is 76.2 cm³/mol. The molecule has 0 aliphatic carbocycles. The number of anilines is 1. The zero-order valence-corrected chi connectivity index (χ0v) is 12.0. The maximum atomic E-state index is 12.1. The van der Waals surface area contributed by atoms with Crippen molar-refractivity contribution in [2.75, 3.05) is 5.32 Å². The summed E-state index contributed by atoms with van der Waals surface area (Å²) >= 11 is 17.5. The van der Waals surface area contributed by atoms with Gasteiger partial charge in [0.2, 0.25) is 0 Å². The van der Waals surface area contributed by atoms with E-state index >= 15 is 0 Å². The molecule has 4 nitrogen and oxygen atoms in total.